The lowest BCUT2D eigenvalue weighted by Gasteiger charge is -2.34. The highest BCUT2D eigenvalue weighted by atomic mass is 32.2. The molecule has 1 atom stereocenters. The summed E-state index contributed by atoms with van der Waals surface area (Å²) in [5, 5.41) is 11.4. The molecule has 0 radical (unpaired) electrons. The number of sulfonamides is 1. The van der Waals surface area contributed by atoms with Crippen LogP contribution in [0.1, 0.15) is 11.1 Å². The Morgan fingerprint density at radius 2 is 1.77 bits per heavy atom. The summed E-state index contributed by atoms with van der Waals surface area (Å²) in [4.78, 5) is 42.7. The number of aliphatic hydroxyl groups excluding tert-OH is 1. The van der Waals surface area contributed by atoms with Gasteiger partial charge in [-0.3, -0.25) is 14.4 Å². The second-order valence-electron chi connectivity index (χ2n) is 8.41. The largest absolute Gasteiger partial charge is 0.507 e. The van der Waals surface area contributed by atoms with E-state index < -0.39 is 44.5 Å². The smallest absolute Gasteiger partial charge is 0.296 e. The molecule has 0 aromatic heterocycles. The molecule has 2 amide bonds. The first-order chi connectivity index (χ1) is 16.5. The van der Waals surface area contributed by atoms with Gasteiger partial charge in [0.15, 0.2) is 5.54 Å². The van der Waals surface area contributed by atoms with Gasteiger partial charge in [0.05, 0.1) is 17.1 Å². The minimum atomic E-state index is -3.85. The lowest BCUT2D eigenvalue weighted by atomic mass is 9.82. The Hall–Kier alpha value is -3.54. The van der Waals surface area contributed by atoms with Crippen LogP contribution in [0.5, 0.6) is 0 Å². The number of likely N-dealkylation sites (tertiary alicyclic amines) is 1. The van der Waals surface area contributed by atoms with Crippen LogP contribution < -0.4 is 4.90 Å². The fourth-order valence-electron chi connectivity index (χ4n) is 4.61. The van der Waals surface area contributed by atoms with Gasteiger partial charge in [-0.25, -0.2) is 12.7 Å². The lowest BCUT2D eigenvalue weighted by molar-refractivity contribution is -0.144. The number of ketones is 1. The van der Waals surface area contributed by atoms with Gasteiger partial charge >= 0.3 is 0 Å². The molecule has 1 N–H and O–H groups in total. The molecule has 0 bridgehead atoms. The van der Waals surface area contributed by atoms with Gasteiger partial charge in [-0.05, 0) is 18.2 Å². The molecule has 1 saturated heterocycles. The van der Waals surface area contributed by atoms with E-state index in [1.54, 1.807) is 24.3 Å². The Kier molecular flexibility index (Phi) is 6.04. The molecule has 2 aromatic carbocycles. The first-order valence-corrected chi connectivity index (χ1v) is 12.1. The number of aliphatic hydroxyl groups is 1. The maximum Gasteiger partial charge on any atom is 0.296 e. The number of benzene rings is 2. The number of ether oxygens (including phenoxy) is 1. The fraction of sp³-hybridized carbons (Fsp3) is 0.292. The number of hydrogen-bond donors (Lipinski definition) is 1. The van der Waals surface area contributed by atoms with Crippen LogP contribution in [0.4, 0.5) is 5.69 Å². The van der Waals surface area contributed by atoms with E-state index in [4.69, 9.17) is 4.74 Å². The van der Waals surface area contributed by atoms with Gasteiger partial charge < -0.3 is 19.6 Å². The topological polar surface area (TPSA) is 125 Å². The van der Waals surface area contributed by atoms with Gasteiger partial charge in [0, 0.05) is 51.6 Å². The molecule has 4 rings (SSSR count). The number of amides is 2. The number of nitrogens with zero attached hydrogens (tertiary/aromatic N) is 3. The molecule has 2 aliphatic rings. The summed E-state index contributed by atoms with van der Waals surface area (Å²) in [5.74, 6) is -3.23. The monoisotopic (exact) mass is 499 g/mol. The lowest BCUT2D eigenvalue weighted by Crippen LogP contribution is -2.52. The number of para-hydroxylation sites is 1. The van der Waals surface area contributed by atoms with E-state index in [0.29, 0.717) is 11.3 Å². The van der Waals surface area contributed by atoms with Gasteiger partial charge in [0.25, 0.3) is 17.6 Å². The van der Waals surface area contributed by atoms with Crippen LogP contribution in [-0.4, -0.2) is 81.7 Å². The van der Waals surface area contributed by atoms with Crippen LogP contribution in [0.25, 0.3) is 5.76 Å². The van der Waals surface area contributed by atoms with Crippen molar-refractivity contribution >= 4 is 39.1 Å². The molecule has 2 heterocycles. The van der Waals surface area contributed by atoms with Gasteiger partial charge in [0.1, 0.15) is 5.76 Å². The summed E-state index contributed by atoms with van der Waals surface area (Å²) in [6, 6.07) is 12.1. The van der Waals surface area contributed by atoms with E-state index >= 15 is 0 Å². The highest BCUT2D eigenvalue weighted by molar-refractivity contribution is 7.89. The maximum absolute atomic E-state index is 13.8. The van der Waals surface area contributed by atoms with Crippen molar-refractivity contribution < 1.29 is 32.6 Å². The third kappa shape index (κ3) is 3.38. The van der Waals surface area contributed by atoms with E-state index in [2.05, 4.69) is 0 Å². The highest BCUT2D eigenvalue weighted by Gasteiger charge is 2.66. The highest BCUT2D eigenvalue weighted by Crippen LogP contribution is 2.53. The van der Waals surface area contributed by atoms with E-state index in [-0.39, 0.29) is 23.6 Å². The average Bonchev–Trinajstić information content (AvgIpc) is 3.20. The minimum absolute atomic E-state index is 0.0168. The number of fused-ring (bicyclic) bond motifs is 2. The van der Waals surface area contributed by atoms with Crippen molar-refractivity contribution in [2.24, 2.45) is 0 Å². The van der Waals surface area contributed by atoms with Crippen molar-refractivity contribution in [3.8, 4) is 0 Å². The molecule has 1 spiro atoms. The van der Waals surface area contributed by atoms with Crippen molar-refractivity contribution in [3.05, 3.63) is 65.2 Å². The van der Waals surface area contributed by atoms with Gasteiger partial charge in [-0.2, -0.15) is 0 Å². The van der Waals surface area contributed by atoms with Crippen molar-refractivity contribution in [1.82, 2.24) is 9.21 Å². The number of carbonyl (C=O) groups is 3. The Balaban J connectivity index is 2.04. The van der Waals surface area contributed by atoms with E-state index in [0.717, 1.165) is 9.21 Å². The summed E-state index contributed by atoms with van der Waals surface area (Å²) < 4.78 is 31.4. The standard InChI is InChI=1S/C24H25N3O7S/c1-25(2)35(32,33)16-9-7-8-15(14-16)20(28)19-21(29)22(30)27(12-13-34-4)24(19)17-10-5-6-11-18(17)26(3)23(24)31/h5-11,14,28H,12-13H2,1-4H3/b20-19-/t24-/m1/s1. The minimum Gasteiger partial charge on any atom is -0.507 e. The maximum atomic E-state index is 13.8. The summed E-state index contributed by atoms with van der Waals surface area (Å²) in [5.41, 5.74) is -1.51. The zero-order valence-electron chi connectivity index (χ0n) is 19.7. The molecule has 11 heteroatoms. The van der Waals surface area contributed by atoms with Crippen LogP contribution in [0.3, 0.4) is 0 Å². The SMILES string of the molecule is COCCN1C(=O)C(=O)/C(=C(/O)c2cccc(S(=O)(=O)N(C)C)c2)[C@]12C(=O)N(C)c1ccccc12. The average molecular weight is 500 g/mol. The van der Waals surface area contributed by atoms with E-state index in [1.807, 2.05) is 0 Å². The number of likely N-dealkylation sites (N-methyl/N-ethyl adjacent to an activating group) is 1. The van der Waals surface area contributed by atoms with E-state index in [1.165, 1.54) is 57.4 Å². The molecule has 184 valence electrons. The van der Waals surface area contributed by atoms with Gasteiger partial charge in [-0.15, -0.1) is 0 Å². The number of anilines is 1. The summed E-state index contributed by atoms with van der Waals surface area (Å²) in [6.45, 7) is -0.0364. The molecule has 0 unspecified atom stereocenters. The Morgan fingerprint density at radius 3 is 2.43 bits per heavy atom. The van der Waals surface area contributed by atoms with Crippen LogP contribution in [0.15, 0.2) is 59.0 Å². The third-order valence-corrected chi connectivity index (χ3v) is 8.16. The molecule has 2 aromatic rings. The van der Waals surface area contributed by atoms with Crippen molar-refractivity contribution in [2.45, 2.75) is 10.4 Å². The van der Waals surface area contributed by atoms with E-state index in [9.17, 15) is 27.9 Å². The molecule has 2 aliphatic heterocycles. The predicted molar refractivity (Wildman–Crippen MR) is 127 cm³/mol. The van der Waals surface area contributed by atoms with Crippen LogP contribution in [-0.2, 0) is 34.7 Å². The quantitative estimate of drug-likeness (QED) is 0.359. The van der Waals surface area contributed by atoms with Crippen molar-refractivity contribution in [2.75, 3.05) is 46.3 Å². The zero-order chi connectivity index (χ0) is 25.7. The van der Waals surface area contributed by atoms with Crippen LogP contribution in [0, 0.1) is 0 Å². The molecular weight excluding hydrogens is 474 g/mol. The zero-order valence-corrected chi connectivity index (χ0v) is 20.5. The molecule has 10 nitrogen and oxygen atoms in total. The number of rotatable bonds is 6. The molecule has 35 heavy (non-hydrogen) atoms. The first kappa shape index (κ1) is 24.6. The Bertz CT molecular complexity index is 1380. The Labute approximate surface area is 203 Å². The first-order valence-electron chi connectivity index (χ1n) is 10.7. The van der Waals surface area contributed by atoms with Gasteiger partial charge in [0.2, 0.25) is 10.0 Å². The number of Topliss-reactive ketones (excluding diaryl/α,β-unsaturated/α-hetero) is 1. The van der Waals surface area contributed by atoms with Crippen LogP contribution in [0.2, 0.25) is 0 Å². The third-order valence-electron chi connectivity index (χ3n) is 6.34. The molecular formula is C24H25N3O7S. The number of methoxy groups -OCH3 is 1. The predicted octanol–water partition coefficient (Wildman–Crippen LogP) is 1.14. The van der Waals surface area contributed by atoms with Crippen LogP contribution >= 0.6 is 0 Å². The van der Waals surface area contributed by atoms with Gasteiger partial charge in [-0.1, -0.05) is 30.3 Å². The molecule has 1 fully saturated rings. The summed E-state index contributed by atoms with van der Waals surface area (Å²) >= 11 is 0. The normalized spacial score (nSPS) is 21.5. The fourth-order valence-corrected chi connectivity index (χ4v) is 5.56. The summed E-state index contributed by atoms with van der Waals surface area (Å²) in [6.07, 6.45) is 0. The molecule has 0 saturated carbocycles. The Morgan fingerprint density at radius 1 is 1.09 bits per heavy atom. The second kappa shape index (κ2) is 8.59. The number of carbonyl (C=O) groups excluding carboxylic acids is 3. The van der Waals surface area contributed by atoms with Crippen molar-refractivity contribution in [1.29, 1.82) is 0 Å². The number of hydrogen-bond acceptors (Lipinski definition) is 7. The molecule has 0 aliphatic carbocycles. The second-order valence-corrected chi connectivity index (χ2v) is 10.6. The summed E-state index contributed by atoms with van der Waals surface area (Å²) in [7, 11) is 1.83. The van der Waals surface area contributed by atoms with Crippen molar-refractivity contribution in [3.63, 3.8) is 0 Å².